The Hall–Kier alpha value is -2.53. The SMILES string of the molecule is c1cncc(-c2nc(NC[C@@H]3CCCO3)c3ccccc3n2)c1. The zero-order chi connectivity index (χ0) is 15.5. The summed E-state index contributed by atoms with van der Waals surface area (Å²) in [5.41, 5.74) is 1.84. The molecule has 0 saturated carbocycles. The normalized spacial score (nSPS) is 17.5. The highest BCUT2D eigenvalue weighted by molar-refractivity contribution is 5.90. The fourth-order valence-corrected chi connectivity index (χ4v) is 2.85. The molecule has 1 aliphatic rings. The van der Waals surface area contributed by atoms with Gasteiger partial charge in [0.05, 0.1) is 11.6 Å². The number of fused-ring (bicyclic) bond motifs is 1. The smallest absolute Gasteiger partial charge is 0.163 e. The Kier molecular flexibility index (Phi) is 3.86. The Balaban J connectivity index is 1.71. The first-order chi connectivity index (χ1) is 11.4. The number of hydrogen-bond acceptors (Lipinski definition) is 5. The second-order valence-electron chi connectivity index (χ2n) is 5.67. The lowest BCUT2D eigenvalue weighted by atomic mass is 10.2. The molecule has 4 rings (SSSR count). The quantitative estimate of drug-likeness (QED) is 0.801. The van der Waals surface area contributed by atoms with Crippen molar-refractivity contribution >= 4 is 16.7 Å². The summed E-state index contributed by atoms with van der Waals surface area (Å²) in [6, 6.07) is 11.9. The van der Waals surface area contributed by atoms with Crippen LogP contribution in [0.15, 0.2) is 48.8 Å². The van der Waals surface area contributed by atoms with Crippen LogP contribution in [0.5, 0.6) is 0 Å². The van der Waals surface area contributed by atoms with Crippen molar-refractivity contribution in [1.29, 1.82) is 0 Å². The fraction of sp³-hybridized carbons (Fsp3) is 0.278. The molecule has 3 aromatic rings. The Morgan fingerprint density at radius 2 is 2.09 bits per heavy atom. The molecule has 1 atom stereocenters. The van der Waals surface area contributed by atoms with E-state index in [1.807, 2.05) is 36.4 Å². The highest BCUT2D eigenvalue weighted by Crippen LogP contribution is 2.25. The molecule has 1 aliphatic heterocycles. The molecule has 0 bridgehead atoms. The van der Waals surface area contributed by atoms with E-state index in [0.29, 0.717) is 5.82 Å². The van der Waals surface area contributed by atoms with Gasteiger partial charge in [-0.15, -0.1) is 0 Å². The molecule has 1 aromatic carbocycles. The van der Waals surface area contributed by atoms with Crippen molar-refractivity contribution in [3.63, 3.8) is 0 Å². The van der Waals surface area contributed by atoms with Gasteiger partial charge in [-0.05, 0) is 37.1 Å². The molecular formula is C18H18N4O. The first kappa shape index (κ1) is 14.1. The topological polar surface area (TPSA) is 59.9 Å². The van der Waals surface area contributed by atoms with Gasteiger partial charge in [0.1, 0.15) is 5.82 Å². The summed E-state index contributed by atoms with van der Waals surface area (Å²) in [6.45, 7) is 1.63. The van der Waals surface area contributed by atoms with E-state index in [4.69, 9.17) is 9.72 Å². The third-order valence-electron chi connectivity index (χ3n) is 4.04. The molecule has 1 saturated heterocycles. The fourth-order valence-electron chi connectivity index (χ4n) is 2.85. The predicted molar refractivity (Wildman–Crippen MR) is 90.2 cm³/mol. The number of pyridine rings is 1. The molecule has 5 nitrogen and oxygen atoms in total. The second kappa shape index (κ2) is 6.30. The van der Waals surface area contributed by atoms with Crippen LogP contribution in [-0.4, -0.2) is 34.2 Å². The highest BCUT2D eigenvalue weighted by Gasteiger charge is 2.16. The Labute approximate surface area is 134 Å². The predicted octanol–water partition coefficient (Wildman–Crippen LogP) is 3.28. The van der Waals surface area contributed by atoms with Gasteiger partial charge in [-0.3, -0.25) is 4.98 Å². The summed E-state index contributed by atoms with van der Waals surface area (Å²) < 4.78 is 5.69. The van der Waals surface area contributed by atoms with Crippen molar-refractivity contribution in [2.24, 2.45) is 0 Å². The molecule has 0 aliphatic carbocycles. The average molecular weight is 306 g/mol. The van der Waals surface area contributed by atoms with Gasteiger partial charge in [-0.1, -0.05) is 12.1 Å². The van der Waals surface area contributed by atoms with Crippen LogP contribution < -0.4 is 5.32 Å². The third kappa shape index (κ3) is 3.00. The van der Waals surface area contributed by atoms with E-state index in [2.05, 4.69) is 15.3 Å². The van der Waals surface area contributed by atoms with Crippen molar-refractivity contribution in [3.05, 3.63) is 48.8 Å². The van der Waals surface area contributed by atoms with E-state index in [-0.39, 0.29) is 6.10 Å². The van der Waals surface area contributed by atoms with Crippen molar-refractivity contribution in [2.75, 3.05) is 18.5 Å². The number of nitrogens with zero attached hydrogens (tertiary/aromatic N) is 3. The van der Waals surface area contributed by atoms with E-state index in [1.54, 1.807) is 12.4 Å². The summed E-state index contributed by atoms with van der Waals surface area (Å²) >= 11 is 0. The zero-order valence-corrected chi connectivity index (χ0v) is 12.8. The number of nitrogens with one attached hydrogen (secondary N) is 1. The van der Waals surface area contributed by atoms with Crippen LogP contribution in [0.4, 0.5) is 5.82 Å². The first-order valence-electron chi connectivity index (χ1n) is 7.93. The maximum absolute atomic E-state index is 5.69. The van der Waals surface area contributed by atoms with Gasteiger partial charge in [-0.2, -0.15) is 0 Å². The second-order valence-corrected chi connectivity index (χ2v) is 5.67. The molecule has 5 heteroatoms. The summed E-state index contributed by atoms with van der Waals surface area (Å²) in [4.78, 5) is 13.5. The van der Waals surface area contributed by atoms with Crippen LogP contribution in [0.2, 0.25) is 0 Å². The minimum absolute atomic E-state index is 0.269. The minimum Gasteiger partial charge on any atom is -0.376 e. The van der Waals surface area contributed by atoms with Crippen molar-refractivity contribution < 1.29 is 4.74 Å². The van der Waals surface area contributed by atoms with Gasteiger partial charge in [0.15, 0.2) is 5.82 Å². The largest absolute Gasteiger partial charge is 0.376 e. The maximum Gasteiger partial charge on any atom is 0.163 e. The molecule has 2 aromatic heterocycles. The summed E-state index contributed by atoms with van der Waals surface area (Å²) in [5.74, 6) is 1.54. The lowest BCUT2D eigenvalue weighted by Gasteiger charge is -2.14. The zero-order valence-electron chi connectivity index (χ0n) is 12.8. The van der Waals surface area contributed by atoms with Crippen molar-refractivity contribution in [1.82, 2.24) is 15.0 Å². The van der Waals surface area contributed by atoms with Crippen LogP contribution in [0.3, 0.4) is 0 Å². The minimum atomic E-state index is 0.269. The number of rotatable bonds is 4. The van der Waals surface area contributed by atoms with Crippen LogP contribution in [0, 0.1) is 0 Å². The third-order valence-corrected chi connectivity index (χ3v) is 4.04. The first-order valence-corrected chi connectivity index (χ1v) is 7.93. The monoisotopic (exact) mass is 306 g/mol. The van der Waals surface area contributed by atoms with E-state index in [1.165, 1.54) is 0 Å². The van der Waals surface area contributed by atoms with Gasteiger partial charge in [0.25, 0.3) is 0 Å². The Morgan fingerprint density at radius 1 is 1.13 bits per heavy atom. The Morgan fingerprint density at radius 3 is 2.91 bits per heavy atom. The molecule has 3 heterocycles. The van der Waals surface area contributed by atoms with E-state index in [0.717, 1.165) is 48.3 Å². The van der Waals surface area contributed by atoms with E-state index < -0.39 is 0 Å². The highest BCUT2D eigenvalue weighted by atomic mass is 16.5. The molecule has 116 valence electrons. The molecule has 0 radical (unpaired) electrons. The number of benzene rings is 1. The number of hydrogen-bond donors (Lipinski definition) is 1. The summed E-state index contributed by atoms with van der Waals surface area (Å²) in [7, 11) is 0. The van der Waals surface area contributed by atoms with Gasteiger partial charge in [0, 0.05) is 36.5 Å². The van der Waals surface area contributed by atoms with Crippen LogP contribution >= 0.6 is 0 Å². The lowest BCUT2D eigenvalue weighted by Crippen LogP contribution is -2.19. The van der Waals surface area contributed by atoms with Gasteiger partial charge >= 0.3 is 0 Å². The van der Waals surface area contributed by atoms with Gasteiger partial charge in [-0.25, -0.2) is 9.97 Å². The molecule has 0 unspecified atom stereocenters. The summed E-state index contributed by atoms with van der Waals surface area (Å²) in [6.07, 6.45) is 6.05. The van der Waals surface area contributed by atoms with E-state index in [9.17, 15) is 0 Å². The van der Waals surface area contributed by atoms with E-state index >= 15 is 0 Å². The number of para-hydroxylation sites is 1. The average Bonchev–Trinajstić information content (AvgIpc) is 3.14. The van der Waals surface area contributed by atoms with Crippen molar-refractivity contribution in [2.45, 2.75) is 18.9 Å². The van der Waals surface area contributed by atoms with Crippen LogP contribution in [0.1, 0.15) is 12.8 Å². The standard InChI is InChI=1S/C18H18N4O/c1-2-8-16-15(7-1)18(20-12-14-6-4-10-23-14)22-17(21-16)13-5-3-9-19-11-13/h1-3,5,7-9,11,14H,4,6,10,12H2,(H,20,21,22)/t14-/m0/s1. The number of anilines is 1. The molecule has 0 amide bonds. The number of aromatic nitrogens is 3. The maximum atomic E-state index is 5.69. The van der Waals surface area contributed by atoms with Crippen molar-refractivity contribution in [3.8, 4) is 11.4 Å². The number of ether oxygens (including phenoxy) is 1. The summed E-state index contributed by atoms with van der Waals surface area (Å²) in [5, 5.41) is 4.47. The van der Waals surface area contributed by atoms with Gasteiger partial charge in [0.2, 0.25) is 0 Å². The molecule has 1 fully saturated rings. The Bertz CT molecular complexity index is 800. The van der Waals surface area contributed by atoms with Crippen LogP contribution in [0.25, 0.3) is 22.3 Å². The lowest BCUT2D eigenvalue weighted by molar-refractivity contribution is 0.120. The molecular weight excluding hydrogens is 288 g/mol. The molecule has 1 N–H and O–H groups in total. The molecule has 0 spiro atoms. The molecule has 23 heavy (non-hydrogen) atoms. The van der Waals surface area contributed by atoms with Gasteiger partial charge < -0.3 is 10.1 Å². The van der Waals surface area contributed by atoms with Crippen LogP contribution in [-0.2, 0) is 4.74 Å².